The summed E-state index contributed by atoms with van der Waals surface area (Å²) in [5.74, 6) is 0. The third kappa shape index (κ3) is 2.16. The van der Waals surface area contributed by atoms with Gasteiger partial charge in [0.05, 0.1) is 0 Å². The van der Waals surface area contributed by atoms with Gasteiger partial charge >= 0.3 is 0 Å². The van der Waals surface area contributed by atoms with Crippen molar-refractivity contribution in [3.8, 4) is 0 Å². The number of aryl methyl sites for hydroxylation is 1. The van der Waals surface area contributed by atoms with E-state index in [1.807, 2.05) is 0 Å². The van der Waals surface area contributed by atoms with Crippen molar-refractivity contribution in [2.45, 2.75) is 44.2 Å². The van der Waals surface area contributed by atoms with Gasteiger partial charge in [0.25, 0.3) is 0 Å². The molecule has 2 aliphatic carbocycles. The molecule has 0 fully saturated rings. The number of hydrogen-bond donors (Lipinski definition) is 1. The highest BCUT2D eigenvalue weighted by atomic mass is 15.0. The average molecular weight is 263 g/mol. The first kappa shape index (κ1) is 12.2. The van der Waals surface area contributed by atoms with Crippen molar-refractivity contribution >= 4 is 0 Å². The van der Waals surface area contributed by atoms with Crippen molar-refractivity contribution in [3.05, 3.63) is 70.8 Å². The van der Waals surface area contributed by atoms with Crippen molar-refractivity contribution in [3.63, 3.8) is 0 Å². The first-order chi connectivity index (χ1) is 9.90. The summed E-state index contributed by atoms with van der Waals surface area (Å²) >= 11 is 0. The van der Waals surface area contributed by atoms with Crippen LogP contribution in [-0.4, -0.2) is 6.04 Å². The zero-order valence-electron chi connectivity index (χ0n) is 11.8. The van der Waals surface area contributed by atoms with Crippen LogP contribution in [-0.2, 0) is 19.3 Å². The molecule has 20 heavy (non-hydrogen) atoms. The molecule has 1 N–H and O–H groups in total. The third-order valence-electron chi connectivity index (χ3n) is 4.86. The number of hydrogen-bond acceptors (Lipinski definition) is 1. The maximum atomic E-state index is 3.92. The number of fused-ring (bicyclic) bond motifs is 2. The van der Waals surface area contributed by atoms with Gasteiger partial charge in [0.15, 0.2) is 0 Å². The fourth-order valence-electron chi connectivity index (χ4n) is 3.89. The Balaban J connectivity index is 1.52. The summed E-state index contributed by atoms with van der Waals surface area (Å²) in [6, 6.07) is 19.0. The van der Waals surface area contributed by atoms with Crippen LogP contribution >= 0.6 is 0 Å². The highest BCUT2D eigenvalue weighted by molar-refractivity contribution is 5.35. The Labute approximate surface area is 121 Å². The van der Waals surface area contributed by atoms with E-state index >= 15 is 0 Å². The smallest absolute Gasteiger partial charge is 0.0325 e. The fourth-order valence-corrected chi connectivity index (χ4v) is 3.89. The standard InChI is InChI=1S/C19H21N/c1-2-8-16-13-17(12-15(16)7-1)20-19-11-5-9-14-6-3-4-10-18(14)19/h1-4,6-8,10,17,19-20H,5,9,11-13H2. The van der Waals surface area contributed by atoms with Gasteiger partial charge in [-0.2, -0.15) is 0 Å². The zero-order valence-corrected chi connectivity index (χ0v) is 11.8. The van der Waals surface area contributed by atoms with E-state index in [0.717, 1.165) is 0 Å². The molecule has 0 radical (unpaired) electrons. The second kappa shape index (κ2) is 5.06. The molecule has 0 aromatic heterocycles. The SMILES string of the molecule is c1ccc2c(c1)CC(NC1CCCc3ccccc31)C2. The Hall–Kier alpha value is -1.60. The average Bonchev–Trinajstić information content (AvgIpc) is 2.90. The Kier molecular flexibility index (Phi) is 3.08. The van der Waals surface area contributed by atoms with Gasteiger partial charge in [-0.3, -0.25) is 0 Å². The first-order valence-corrected chi connectivity index (χ1v) is 7.81. The summed E-state index contributed by atoms with van der Waals surface area (Å²) in [5, 5.41) is 3.92. The van der Waals surface area contributed by atoms with Crippen molar-refractivity contribution in [1.29, 1.82) is 0 Å². The molecule has 0 aliphatic heterocycles. The van der Waals surface area contributed by atoms with Crippen LogP contribution in [0.2, 0.25) is 0 Å². The normalized spacial score (nSPS) is 21.5. The van der Waals surface area contributed by atoms with Gasteiger partial charge in [0, 0.05) is 12.1 Å². The molecule has 0 spiro atoms. The summed E-state index contributed by atoms with van der Waals surface area (Å²) < 4.78 is 0. The minimum Gasteiger partial charge on any atom is -0.306 e. The lowest BCUT2D eigenvalue weighted by Crippen LogP contribution is -2.35. The van der Waals surface area contributed by atoms with E-state index in [4.69, 9.17) is 0 Å². The number of rotatable bonds is 2. The van der Waals surface area contributed by atoms with E-state index in [1.165, 1.54) is 48.8 Å². The second-order valence-electron chi connectivity index (χ2n) is 6.18. The van der Waals surface area contributed by atoms with Gasteiger partial charge in [0.2, 0.25) is 0 Å². The van der Waals surface area contributed by atoms with Crippen LogP contribution in [0.15, 0.2) is 48.5 Å². The van der Waals surface area contributed by atoms with E-state index < -0.39 is 0 Å². The van der Waals surface area contributed by atoms with Crippen LogP contribution in [0.3, 0.4) is 0 Å². The molecular weight excluding hydrogens is 242 g/mol. The lowest BCUT2D eigenvalue weighted by atomic mass is 9.87. The highest BCUT2D eigenvalue weighted by Crippen LogP contribution is 2.31. The molecule has 2 aromatic rings. The van der Waals surface area contributed by atoms with E-state index in [0.29, 0.717) is 12.1 Å². The van der Waals surface area contributed by atoms with Crippen molar-refractivity contribution in [2.24, 2.45) is 0 Å². The molecule has 0 saturated carbocycles. The minimum atomic E-state index is 0.555. The molecule has 0 heterocycles. The van der Waals surface area contributed by atoms with Crippen LogP contribution in [0, 0.1) is 0 Å². The highest BCUT2D eigenvalue weighted by Gasteiger charge is 2.26. The zero-order chi connectivity index (χ0) is 13.4. The molecule has 2 aromatic carbocycles. The first-order valence-electron chi connectivity index (χ1n) is 7.81. The molecule has 1 atom stereocenters. The summed E-state index contributed by atoms with van der Waals surface area (Å²) in [4.78, 5) is 0. The monoisotopic (exact) mass is 263 g/mol. The van der Waals surface area contributed by atoms with Crippen molar-refractivity contribution < 1.29 is 0 Å². The lowest BCUT2D eigenvalue weighted by Gasteiger charge is -2.29. The Morgan fingerprint density at radius 1 is 0.800 bits per heavy atom. The Morgan fingerprint density at radius 2 is 1.45 bits per heavy atom. The van der Waals surface area contributed by atoms with Gasteiger partial charge in [-0.15, -0.1) is 0 Å². The van der Waals surface area contributed by atoms with Gasteiger partial charge in [-0.05, 0) is 54.4 Å². The van der Waals surface area contributed by atoms with Gasteiger partial charge in [0.1, 0.15) is 0 Å². The second-order valence-corrected chi connectivity index (χ2v) is 6.18. The van der Waals surface area contributed by atoms with Crippen LogP contribution in [0.4, 0.5) is 0 Å². The molecule has 102 valence electrons. The molecule has 0 bridgehead atoms. The summed E-state index contributed by atoms with van der Waals surface area (Å²) in [6.45, 7) is 0. The molecule has 1 heteroatoms. The lowest BCUT2D eigenvalue weighted by molar-refractivity contribution is 0.401. The van der Waals surface area contributed by atoms with Gasteiger partial charge < -0.3 is 5.32 Å². The van der Waals surface area contributed by atoms with Gasteiger partial charge in [-0.25, -0.2) is 0 Å². The maximum absolute atomic E-state index is 3.92. The molecule has 4 rings (SSSR count). The molecular formula is C19H21N. The van der Waals surface area contributed by atoms with E-state index in [2.05, 4.69) is 53.8 Å². The van der Waals surface area contributed by atoms with E-state index in [1.54, 1.807) is 5.56 Å². The molecule has 2 aliphatic rings. The topological polar surface area (TPSA) is 12.0 Å². The van der Waals surface area contributed by atoms with Crippen molar-refractivity contribution in [1.82, 2.24) is 5.32 Å². The van der Waals surface area contributed by atoms with E-state index in [-0.39, 0.29) is 0 Å². The number of nitrogens with one attached hydrogen (secondary N) is 1. The molecule has 1 nitrogen and oxygen atoms in total. The maximum Gasteiger partial charge on any atom is 0.0325 e. The van der Waals surface area contributed by atoms with Crippen LogP contribution in [0.1, 0.15) is 41.1 Å². The molecule has 1 unspecified atom stereocenters. The number of benzene rings is 2. The fraction of sp³-hybridized carbons (Fsp3) is 0.368. The minimum absolute atomic E-state index is 0.555. The third-order valence-corrected chi connectivity index (χ3v) is 4.86. The Morgan fingerprint density at radius 3 is 2.20 bits per heavy atom. The largest absolute Gasteiger partial charge is 0.306 e. The predicted octanol–water partition coefficient (Wildman–Crippen LogP) is 3.82. The van der Waals surface area contributed by atoms with Crippen molar-refractivity contribution in [2.75, 3.05) is 0 Å². The van der Waals surface area contributed by atoms with Gasteiger partial charge in [-0.1, -0.05) is 48.5 Å². The van der Waals surface area contributed by atoms with E-state index in [9.17, 15) is 0 Å². The predicted molar refractivity (Wildman–Crippen MR) is 82.9 cm³/mol. The molecule has 0 saturated heterocycles. The van der Waals surface area contributed by atoms with Crippen LogP contribution in [0.25, 0.3) is 0 Å². The van der Waals surface area contributed by atoms with Crippen LogP contribution < -0.4 is 5.32 Å². The quantitative estimate of drug-likeness (QED) is 0.868. The van der Waals surface area contributed by atoms with Crippen LogP contribution in [0.5, 0.6) is 0 Å². The summed E-state index contributed by atoms with van der Waals surface area (Å²) in [5.41, 5.74) is 6.16. The summed E-state index contributed by atoms with van der Waals surface area (Å²) in [6.07, 6.45) is 6.22. The Bertz CT molecular complexity index is 592. The summed E-state index contributed by atoms with van der Waals surface area (Å²) in [7, 11) is 0. The molecule has 0 amide bonds.